The molecule has 3 rings (SSSR count). The maximum absolute atomic E-state index is 13.5. The van der Waals surface area contributed by atoms with Crippen LogP contribution in [0.15, 0.2) is 42.6 Å². The van der Waals surface area contributed by atoms with Crippen molar-refractivity contribution < 1.29 is 14.3 Å². The van der Waals surface area contributed by atoms with Crippen molar-refractivity contribution in [2.24, 2.45) is 0 Å². The van der Waals surface area contributed by atoms with Crippen molar-refractivity contribution in [2.75, 3.05) is 20.2 Å². The third-order valence-corrected chi connectivity index (χ3v) is 5.50. The number of methoxy groups -OCH3 is 1. The molecule has 0 bridgehead atoms. The van der Waals surface area contributed by atoms with E-state index in [0.29, 0.717) is 13.0 Å². The molecular formula is C23H31N3O3. The van der Waals surface area contributed by atoms with Crippen molar-refractivity contribution in [3.8, 4) is 5.75 Å². The van der Waals surface area contributed by atoms with Crippen LogP contribution in [0.4, 0.5) is 0 Å². The molecule has 0 spiro atoms. The van der Waals surface area contributed by atoms with Crippen molar-refractivity contribution in [3.05, 3.63) is 53.9 Å². The summed E-state index contributed by atoms with van der Waals surface area (Å²) in [4.78, 5) is 29.6. The van der Waals surface area contributed by atoms with Gasteiger partial charge in [0.25, 0.3) is 0 Å². The number of rotatable bonds is 5. The summed E-state index contributed by atoms with van der Waals surface area (Å²) in [6.45, 7) is 9.12. The van der Waals surface area contributed by atoms with Crippen LogP contribution in [0.5, 0.6) is 5.75 Å². The highest BCUT2D eigenvalue weighted by Crippen LogP contribution is 2.37. The number of para-hydroxylation sites is 1. The number of nitrogens with zero attached hydrogens (tertiary/aromatic N) is 3. The molecule has 1 aromatic heterocycles. The van der Waals surface area contributed by atoms with Crippen LogP contribution in [0, 0.1) is 0 Å². The number of aromatic nitrogens is 1. The molecule has 29 heavy (non-hydrogen) atoms. The first-order valence-electron chi connectivity index (χ1n) is 10.2. The molecule has 2 amide bonds. The van der Waals surface area contributed by atoms with Gasteiger partial charge in [-0.3, -0.25) is 9.59 Å². The number of ether oxygens (including phenoxy) is 1. The lowest BCUT2D eigenvalue weighted by Gasteiger charge is -2.41. The fourth-order valence-corrected chi connectivity index (χ4v) is 3.99. The van der Waals surface area contributed by atoms with Crippen molar-refractivity contribution in [2.45, 2.75) is 52.2 Å². The topological polar surface area (TPSA) is 54.8 Å². The Morgan fingerprint density at radius 2 is 1.86 bits per heavy atom. The molecule has 6 heteroatoms. The summed E-state index contributed by atoms with van der Waals surface area (Å²) in [5.41, 5.74) is 1.59. The normalized spacial score (nSPS) is 16.3. The van der Waals surface area contributed by atoms with Crippen LogP contribution in [0.3, 0.4) is 0 Å². The molecule has 1 aliphatic heterocycles. The van der Waals surface area contributed by atoms with Crippen LogP contribution in [0.2, 0.25) is 0 Å². The van der Waals surface area contributed by atoms with Crippen LogP contribution in [-0.2, 0) is 16.1 Å². The van der Waals surface area contributed by atoms with Crippen molar-refractivity contribution >= 4 is 11.8 Å². The summed E-state index contributed by atoms with van der Waals surface area (Å²) in [7, 11) is 1.65. The van der Waals surface area contributed by atoms with Crippen LogP contribution in [-0.4, -0.2) is 51.9 Å². The van der Waals surface area contributed by atoms with Gasteiger partial charge in [-0.2, -0.15) is 0 Å². The molecule has 2 aromatic rings. The number of carbonyl (C=O) groups excluding carboxylic acids is 2. The number of fused-ring (bicyclic) bond motifs is 1. The lowest BCUT2D eigenvalue weighted by molar-refractivity contribution is -0.146. The Labute approximate surface area is 173 Å². The van der Waals surface area contributed by atoms with Gasteiger partial charge in [0.2, 0.25) is 11.8 Å². The highest BCUT2D eigenvalue weighted by atomic mass is 16.5. The first kappa shape index (κ1) is 21.0. The van der Waals surface area contributed by atoms with Gasteiger partial charge in [0.05, 0.1) is 7.11 Å². The third-order valence-electron chi connectivity index (χ3n) is 5.50. The molecule has 2 heterocycles. The first-order chi connectivity index (χ1) is 13.8. The van der Waals surface area contributed by atoms with E-state index in [1.54, 1.807) is 12.0 Å². The lowest BCUT2D eigenvalue weighted by Crippen LogP contribution is -2.53. The Kier molecular flexibility index (Phi) is 6.01. The van der Waals surface area contributed by atoms with Crippen LogP contribution in [0.1, 0.15) is 51.4 Å². The van der Waals surface area contributed by atoms with E-state index < -0.39 is 5.54 Å². The highest BCUT2D eigenvalue weighted by Gasteiger charge is 2.36. The summed E-state index contributed by atoms with van der Waals surface area (Å²) in [5, 5.41) is 0. The second kappa shape index (κ2) is 8.31. The van der Waals surface area contributed by atoms with E-state index in [9.17, 15) is 9.59 Å². The summed E-state index contributed by atoms with van der Waals surface area (Å²) >= 11 is 0. The third kappa shape index (κ3) is 4.16. The zero-order valence-electron chi connectivity index (χ0n) is 18.0. The van der Waals surface area contributed by atoms with Crippen molar-refractivity contribution in [1.82, 2.24) is 14.4 Å². The maximum Gasteiger partial charge on any atom is 0.243 e. The fraction of sp³-hybridized carbons (Fsp3) is 0.478. The van der Waals surface area contributed by atoms with Gasteiger partial charge >= 0.3 is 0 Å². The molecule has 0 saturated heterocycles. The van der Waals surface area contributed by atoms with Gasteiger partial charge < -0.3 is 19.1 Å². The molecule has 0 fully saturated rings. The molecule has 0 radical (unpaired) electrons. The summed E-state index contributed by atoms with van der Waals surface area (Å²) < 4.78 is 7.78. The Hall–Kier alpha value is -2.76. The average molecular weight is 398 g/mol. The predicted molar refractivity (Wildman–Crippen MR) is 113 cm³/mol. The lowest BCUT2D eigenvalue weighted by atomic mass is 9.98. The van der Waals surface area contributed by atoms with Gasteiger partial charge in [-0.25, -0.2) is 0 Å². The average Bonchev–Trinajstić information content (AvgIpc) is 3.18. The Morgan fingerprint density at radius 1 is 1.14 bits per heavy atom. The van der Waals surface area contributed by atoms with Gasteiger partial charge in [0.1, 0.15) is 18.3 Å². The molecule has 0 N–H and O–H groups in total. The molecule has 6 nitrogen and oxygen atoms in total. The molecule has 0 saturated carbocycles. The highest BCUT2D eigenvalue weighted by molar-refractivity contribution is 5.86. The Morgan fingerprint density at radius 3 is 2.52 bits per heavy atom. The zero-order valence-corrected chi connectivity index (χ0v) is 18.0. The van der Waals surface area contributed by atoms with E-state index in [0.717, 1.165) is 23.6 Å². The van der Waals surface area contributed by atoms with Crippen molar-refractivity contribution in [3.63, 3.8) is 0 Å². The predicted octanol–water partition coefficient (Wildman–Crippen LogP) is 3.47. The maximum atomic E-state index is 13.5. The molecule has 0 unspecified atom stereocenters. The second-order valence-corrected chi connectivity index (χ2v) is 8.36. The molecule has 1 aliphatic rings. The summed E-state index contributed by atoms with van der Waals surface area (Å²) in [6.07, 6.45) is 2.42. The second-order valence-electron chi connectivity index (χ2n) is 8.36. The fourth-order valence-electron chi connectivity index (χ4n) is 3.99. The number of amides is 2. The largest absolute Gasteiger partial charge is 0.496 e. The number of carbonyl (C=O) groups is 2. The standard InChI is InChI=1S/C23H31N3O3/c1-6-20(27)26(23(2,3)4)16-21(28)25-15-14-24-13-9-11-18(24)22(25)17-10-7-8-12-19(17)29-5/h7-13,22H,6,14-16H2,1-5H3/t22-/m0/s1. The molecule has 1 atom stereocenters. The molecule has 156 valence electrons. The minimum atomic E-state index is -0.418. The van der Waals surface area contributed by atoms with Gasteiger partial charge in [-0.15, -0.1) is 0 Å². The minimum absolute atomic E-state index is 0.0138. The smallest absolute Gasteiger partial charge is 0.243 e. The van der Waals surface area contributed by atoms with Crippen LogP contribution >= 0.6 is 0 Å². The Bertz CT molecular complexity index is 881. The van der Waals surface area contributed by atoms with Crippen LogP contribution < -0.4 is 4.74 Å². The summed E-state index contributed by atoms with van der Waals surface area (Å²) in [5.74, 6) is 0.687. The van der Waals surface area contributed by atoms with Gasteiger partial charge in [0.15, 0.2) is 0 Å². The van der Waals surface area contributed by atoms with Gasteiger partial charge in [0, 0.05) is 42.5 Å². The summed E-state index contributed by atoms with van der Waals surface area (Å²) in [6, 6.07) is 11.6. The van der Waals surface area contributed by atoms with E-state index in [4.69, 9.17) is 4.74 Å². The monoisotopic (exact) mass is 397 g/mol. The van der Waals surface area contributed by atoms with E-state index in [-0.39, 0.29) is 24.4 Å². The molecule has 0 aliphatic carbocycles. The van der Waals surface area contributed by atoms with E-state index in [1.165, 1.54) is 0 Å². The zero-order chi connectivity index (χ0) is 21.2. The van der Waals surface area contributed by atoms with Crippen LogP contribution in [0.25, 0.3) is 0 Å². The number of hydrogen-bond donors (Lipinski definition) is 0. The van der Waals surface area contributed by atoms with Crippen molar-refractivity contribution in [1.29, 1.82) is 0 Å². The minimum Gasteiger partial charge on any atom is -0.496 e. The van der Waals surface area contributed by atoms with Gasteiger partial charge in [-0.1, -0.05) is 25.1 Å². The number of benzene rings is 1. The van der Waals surface area contributed by atoms with E-state index in [1.807, 2.05) is 69.1 Å². The Balaban J connectivity index is 1.98. The molecular weight excluding hydrogens is 366 g/mol. The quantitative estimate of drug-likeness (QED) is 0.776. The van der Waals surface area contributed by atoms with E-state index >= 15 is 0 Å². The molecule has 1 aromatic carbocycles. The first-order valence-corrected chi connectivity index (χ1v) is 10.2. The van der Waals surface area contributed by atoms with Gasteiger partial charge in [-0.05, 0) is 39.0 Å². The number of hydrogen-bond acceptors (Lipinski definition) is 3. The SMILES string of the molecule is CCC(=O)N(CC(=O)N1CCn2cccc2[C@@H]1c1ccccc1OC)C(C)(C)C. The van der Waals surface area contributed by atoms with E-state index in [2.05, 4.69) is 10.6 Å².